The average Bonchev–Trinajstić information content (AvgIpc) is 3.40. The van der Waals surface area contributed by atoms with Crippen molar-refractivity contribution in [1.82, 2.24) is 14.5 Å². The van der Waals surface area contributed by atoms with E-state index in [9.17, 15) is 22.0 Å². The SMILES string of the molecule is O=C(Nc1ccc(F)cc1F)c1nnc([C@@H]2CCCN2S(=O)(=O)c2ccccc2Cl)s1. The van der Waals surface area contributed by atoms with Crippen molar-refractivity contribution in [2.45, 2.75) is 23.8 Å². The minimum Gasteiger partial charge on any atom is -0.317 e. The first-order valence-corrected chi connectivity index (χ1v) is 11.8. The Hall–Kier alpha value is -2.47. The van der Waals surface area contributed by atoms with E-state index in [1.54, 1.807) is 12.1 Å². The molecule has 3 aromatic rings. The minimum atomic E-state index is -3.88. The molecule has 162 valence electrons. The summed E-state index contributed by atoms with van der Waals surface area (Å²) < 4.78 is 54.4. The van der Waals surface area contributed by atoms with Gasteiger partial charge in [0.05, 0.1) is 16.8 Å². The fraction of sp³-hybridized carbons (Fsp3) is 0.211. The van der Waals surface area contributed by atoms with E-state index in [0.717, 1.165) is 23.5 Å². The number of aromatic nitrogens is 2. The van der Waals surface area contributed by atoms with E-state index >= 15 is 0 Å². The monoisotopic (exact) mass is 484 g/mol. The molecule has 4 rings (SSSR count). The number of sulfonamides is 1. The van der Waals surface area contributed by atoms with Gasteiger partial charge in [0.2, 0.25) is 15.0 Å². The number of amides is 1. The maximum Gasteiger partial charge on any atom is 0.286 e. The fourth-order valence-corrected chi connectivity index (χ4v) is 6.39. The maximum atomic E-state index is 13.8. The predicted molar refractivity (Wildman–Crippen MR) is 112 cm³/mol. The van der Waals surface area contributed by atoms with Crippen LogP contribution in [0.25, 0.3) is 0 Å². The summed E-state index contributed by atoms with van der Waals surface area (Å²) in [5.74, 6) is -2.42. The number of carbonyl (C=O) groups is 1. The van der Waals surface area contributed by atoms with Crippen LogP contribution in [-0.2, 0) is 10.0 Å². The lowest BCUT2D eigenvalue weighted by atomic mass is 10.2. The molecule has 1 aliphatic rings. The quantitative estimate of drug-likeness (QED) is 0.584. The minimum absolute atomic E-state index is 0.00201. The Balaban J connectivity index is 1.56. The Kier molecular flexibility index (Phi) is 6.02. The molecule has 2 aromatic carbocycles. The van der Waals surface area contributed by atoms with Crippen LogP contribution in [0.15, 0.2) is 47.4 Å². The second-order valence-corrected chi connectivity index (χ2v) is 10.0. The number of nitrogens with one attached hydrogen (secondary N) is 1. The van der Waals surface area contributed by atoms with Gasteiger partial charge >= 0.3 is 0 Å². The average molecular weight is 485 g/mol. The Morgan fingerprint density at radius 3 is 2.71 bits per heavy atom. The summed E-state index contributed by atoms with van der Waals surface area (Å²) in [6.45, 7) is 0.278. The molecule has 1 aliphatic heterocycles. The van der Waals surface area contributed by atoms with Gasteiger partial charge in [-0.1, -0.05) is 35.1 Å². The van der Waals surface area contributed by atoms with E-state index in [1.807, 2.05) is 0 Å². The van der Waals surface area contributed by atoms with Crippen LogP contribution in [0.1, 0.15) is 33.7 Å². The topological polar surface area (TPSA) is 92.3 Å². The Morgan fingerprint density at radius 2 is 1.97 bits per heavy atom. The highest BCUT2D eigenvalue weighted by Gasteiger charge is 2.39. The molecule has 31 heavy (non-hydrogen) atoms. The van der Waals surface area contributed by atoms with Gasteiger partial charge < -0.3 is 5.32 Å². The zero-order chi connectivity index (χ0) is 22.2. The van der Waals surface area contributed by atoms with Gasteiger partial charge in [-0.05, 0) is 37.1 Å². The number of carbonyl (C=O) groups excluding carboxylic acids is 1. The summed E-state index contributed by atoms with van der Waals surface area (Å²) in [5.41, 5.74) is -0.202. The third-order valence-corrected chi connectivity index (χ3v) is 8.16. The van der Waals surface area contributed by atoms with Crippen LogP contribution in [0.2, 0.25) is 5.02 Å². The predicted octanol–water partition coefficient (Wildman–Crippen LogP) is 4.25. The number of halogens is 3. The van der Waals surface area contributed by atoms with Gasteiger partial charge in [0.1, 0.15) is 21.5 Å². The van der Waals surface area contributed by atoms with Crippen LogP contribution in [0, 0.1) is 11.6 Å². The Morgan fingerprint density at radius 1 is 1.19 bits per heavy atom. The lowest BCUT2D eigenvalue weighted by Gasteiger charge is -2.22. The van der Waals surface area contributed by atoms with Gasteiger partial charge in [0, 0.05) is 12.6 Å². The van der Waals surface area contributed by atoms with Gasteiger partial charge in [0.15, 0.2) is 0 Å². The van der Waals surface area contributed by atoms with Crippen molar-refractivity contribution >= 4 is 44.6 Å². The zero-order valence-electron chi connectivity index (χ0n) is 15.8. The molecule has 1 atom stereocenters. The molecule has 12 heteroatoms. The van der Waals surface area contributed by atoms with Crippen LogP contribution in [0.3, 0.4) is 0 Å². The molecule has 1 amide bonds. The van der Waals surface area contributed by atoms with Crippen molar-refractivity contribution in [3.05, 3.63) is 69.1 Å². The van der Waals surface area contributed by atoms with Crippen LogP contribution in [-0.4, -0.2) is 35.4 Å². The molecule has 0 bridgehead atoms. The Bertz CT molecular complexity index is 1250. The van der Waals surface area contributed by atoms with Gasteiger partial charge in [-0.2, -0.15) is 4.31 Å². The largest absolute Gasteiger partial charge is 0.317 e. The van der Waals surface area contributed by atoms with E-state index in [2.05, 4.69) is 15.5 Å². The lowest BCUT2D eigenvalue weighted by Crippen LogP contribution is -2.30. The van der Waals surface area contributed by atoms with Crippen molar-refractivity contribution in [3.8, 4) is 0 Å². The summed E-state index contributed by atoms with van der Waals surface area (Å²) in [4.78, 5) is 12.4. The third-order valence-electron chi connectivity index (χ3n) is 4.73. The molecule has 0 unspecified atom stereocenters. The van der Waals surface area contributed by atoms with Crippen LogP contribution in [0.5, 0.6) is 0 Å². The van der Waals surface area contributed by atoms with E-state index in [-0.39, 0.29) is 27.2 Å². The summed E-state index contributed by atoms with van der Waals surface area (Å²) in [7, 11) is -3.88. The molecule has 0 radical (unpaired) electrons. The zero-order valence-corrected chi connectivity index (χ0v) is 18.1. The highest BCUT2D eigenvalue weighted by Crippen LogP contribution is 2.39. The number of rotatable bonds is 5. The summed E-state index contributed by atoms with van der Waals surface area (Å²) in [6.07, 6.45) is 1.11. The molecular weight excluding hydrogens is 470 g/mol. The second-order valence-electron chi connectivity index (χ2n) is 6.73. The number of hydrogen-bond acceptors (Lipinski definition) is 6. The number of benzene rings is 2. The molecule has 0 aliphatic carbocycles. The highest BCUT2D eigenvalue weighted by atomic mass is 35.5. The second kappa shape index (κ2) is 8.58. The molecule has 2 heterocycles. The standard InChI is InChI=1S/C19H15ClF2N4O3S2/c20-12-4-1-2-6-16(12)31(28,29)26-9-3-5-15(26)18-24-25-19(30-18)17(27)23-14-8-7-11(21)10-13(14)22/h1-2,4,6-8,10,15H,3,5,9H2,(H,23,27)/t15-/m0/s1. The molecule has 1 saturated heterocycles. The van der Waals surface area contributed by atoms with E-state index in [0.29, 0.717) is 23.9 Å². The first kappa shape index (κ1) is 21.8. The summed E-state index contributed by atoms with van der Waals surface area (Å²) in [5, 5.41) is 10.5. The molecule has 1 fully saturated rings. The molecular formula is C19H15ClF2N4O3S2. The van der Waals surface area contributed by atoms with Crippen LogP contribution in [0.4, 0.5) is 14.5 Å². The van der Waals surface area contributed by atoms with E-state index in [4.69, 9.17) is 11.6 Å². The first-order chi connectivity index (χ1) is 14.8. The van der Waals surface area contributed by atoms with E-state index < -0.39 is 33.6 Å². The fourth-order valence-electron chi connectivity index (χ4n) is 3.28. The van der Waals surface area contributed by atoms with Crippen molar-refractivity contribution < 1.29 is 22.0 Å². The van der Waals surface area contributed by atoms with Gasteiger partial charge in [-0.3, -0.25) is 4.79 Å². The van der Waals surface area contributed by atoms with Gasteiger partial charge in [-0.15, -0.1) is 10.2 Å². The van der Waals surface area contributed by atoms with Crippen molar-refractivity contribution in [3.63, 3.8) is 0 Å². The van der Waals surface area contributed by atoms with Gasteiger partial charge in [-0.25, -0.2) is 17.2 Å². The van der Waals surface area contributed by atoms with Crippen molar-refractivity contribution in [2.75, 3.05) is 11.9 Å². The van der Waals surface area contributed by atoms with E-state index in [1.165, 1.54) is 16.4 Å². The summed E-state index contributed by atoms with van der Waals surface area (Å²) in [6, 6.07) is 8.33. The third kappa shape index (κ3) is 4.31. The smallest absolute Gasteiger partial charge is 0.286 e. The van der Waals surface area contributed by atoms with Crippen molar-refractivity contribution in [1.29, 1.82) is 0 Å². The molecule has 0 spiro atoms. The Labute approximate surface area is 185 Å². The number of anilines is 1. The highest BCUT2D eigenvalue weighted by molar-refractivity contribution is 7.89. The van der Waals surface area contributed by atoms with Crippen LogP contribution < -0.4 is 5.32 Å². The molecule has 0 saturated carbocycles. The summed E-state index contributed by atoms with van der Waals surface area (Å²) >= 11 is 7.00. The lowest BCUT2D eigenvalue weighted by molar-refractivity contribution is 0.102. The number of hydrogen-bond donors (Lipinski definition) is 1. The normalized spacial score (nSPS) is 17.1. The molecule has 1 N–H and O–H groups in total. The first-order valence-electron chi connectivity index (χ1n) is 9.13. The van der Waals surface area contributed by atoms with Crippen molar-refractivity contribution in [2.24, 2.45) is 0 Å². The molecule has 1 aromatic heterocycles. The molecule has 7 nitrogen and oxygen atoms in total. The van der Waals surface area contributed by atoms with Crippen LogP contribution >= 0.6 is 22.9 Å². The number of nitrogens with zero attached hydrogens (tertiary/aromatic N) is 3. The van der Waals surface area contributed by atoms with Gasteiger partial charge in [0.25, 0.3) is 5.91 Å². The maximum absolute atomic E-state index is 13.8.